The predicted octanol–water partition coefficient (Wildman–Crippen LogP) is 1.70. The second-order valence-corrected chi connectivity index (χ2v) is 4.50. The van der Waals surface area contributed by atoms with Crippen LogP contribution in [0.25, 0.3) is 0 Å². The maximum Gasteiger partial charge on any atom is 0.106 e. The normalized spacial score (nSPS) is 12.2. The van der Waals surface area contributed by atoms with Gasteiger partial charge in [-0.15, -0.1) is 0 Å². The minimum absolute atomic E-state index is 0.00574. The van der Waals surface area contributed by atoms with Crippen molar-refractivity contribution >= 4 is 22.9 Å². The summed E-state index contributed by atoms with van der Waals surface area (Å²) in [5.41, 5.74) is 8.64. The van der Waals surface area contributed by atoms with Crippen LogP contribution in [0.2, 0.25) is 0 Å². The van der Waals surface area contributed by atoms with Crippen molar-refractivity contribution in [3.63, 3.8) is 0 Å². The molecule has 18 heavy (non-hydrogen) atoms. The fraction of sp³-hybridized carbons (Fsp3) is 0.462. The molecule has 4 nitrogen and oxygen atoms in total. The molecule has 0 aliphatic rings. The summed E-state index contributed by atoms with van der Waals surface area (Å²) in [5, 5.41) is 3.33. The Morgan fingerprint density at radius 1 is 1.44 bits per heavy atom. The Morgan fingerprint density at radius 2 is 2.17 bits per heavy atom. The first-order chi connectivity index (χ1) is 8.60. The van der Waals surface area contributed by atoms with E-state index in [-0.39, 0.29) is 6.10 Å². The zero-order valence-corrected chi connectivity index (χ0v) is 11.8. The van der Waals surface area contributed by atoms with Crippen LogP contribution >= 0.6 is 12.2 Å². The summed E-state index contributed by atoms with van der Waals surface area (Å²) in [5.74, 6) is 0. The van der Waals surface area contributed by atoms with Gasteiger partial charge >= 0.3 is 0 Å². The van der Waals surface area contributed by atoms with Gasteiger partial charge in [-0.05, 0) is 18.6 Å². The lowest BCUT2D eigenvalue weighted by Gasteiger charge is -2.19. The van der Waals surface area contributed by atoms with E-state index in [1.165, 1.54) is 0 Å². The summed E-state index contributed by atoms with van der Waals surface area (Å²) >= 11 is 5.05. The van der Waals surface area contributed by atoms with Gasteiger partial charge in [0, 0.05) is 32.0 Å². The molecule has 5 heteroatoms. The smallest absolute Gasteiger partial charge is 0.106 e. The number of nitrogens with one attached hydrogen (secondary N) is 1. The molecule has 0 spiro atoms. The van der Waals surface area contributed by atoms with Crippen molar-refractivity contribution in [3.05, 3.63) is 29.3 Å². The van der Waals surface area contributed by atoms with Crippen LogP contribution in [0.3, 0.4) is 0 Å². The number of thiocarbonyl (C=S) groups is 1. The fourth-order valence-corrected chi connectivity index (χ4v) is 1.89. The number of anilines is 1. The average molecular weight is 268 g/mol. The Kier molecular flexibility index (Phi) is 6.04. The van der Waals surface area contributed by atoms with E-state index in [0.717, 1.165) is 16.8 Å². The quantitative estimate of drug-likeness (QED) is 0.737. The van der Waals surface area contributed by atoms with Crippen molar-refractivity contribution in [1.29, 1.82) is 0 Å². The predicted molar refractivity (Wildman–Crippen MR) is 78.2 cm³/mol. The van der Waals surface area contributed by atoms with E-state index in [4.69, 9.17) is 27.4 Å². The molecule has 0 heterocycles. The lowest BCUT2D eigenvalue weighted by Crippen LogP contribution is -2.27. The van der Waals surface area contributed by atoms with Gasteiger partial charge in [-0.2, -0.15) is 0 Å². The Bertz CT molecular complexity index is 410. The Morgan fingerprint density at radius 3 is 2.72 bits per heavy atom. The van der Waals surface area contributed by atoms with E-state index in [2.05, 4.69) is 5.32 Å². The first-order valence-electron chi connectivity index (χ1n) is 5.75. The highest BCUT2D eigenvalue weighted by Crippen LogP contribution is 2.20. The van der Waals surface area contributed by atoms with Crippen LogP contribution in [-0.2, 0) is 9.47 Å². The molecular formula is C13H20N2O2S. The molecule has 0 aliphatic heterocycles. The van der Waals surface area contributed by atoms with E-state index in [9.17, 15) is 0 Å². The molecule has 0 amide bonds. The van der Waals surface area contributed by atoms with Crippen LogP contribution in [0.1, 0.15) is 11.1 Å². The third-order valence-electron chi connectivity index (χ3n) is 2.73. The first kappa shape index (κ1) is 14.9. The summed E-state index contributed by atoms with van der Waals surface area (Å²) in [4.78, 5) is 0.391. The number of aryl methyl sites for hydroxylation is 1. The molecule has 0 radical (unpaired) electrons. The van der Waals surface area contributed by atoms with Crippen LogP contribution in [0.5, 0.6) is 0 Å². The van der Waals surface area contributed by atoms with Crippen molar-refractivity contribution in [2.45, 2.75) is 13.0 Å². The number of ether oxygens (including phenoxy) is 2. The van der Waals surface area contributed by atoms with E-state index in [1.54, 1.807) is 14.2 Å². The van der Waals surface area contributed by atoms with Crippen LogP contribution in [0.15, 0.2) is 18.2 Å². The van der Waals surface area contributed by atoms with Gasteiger partial charge in [-0.25, -0.2) is 0 Å². The molecule has 0 saturated heterocycles. The summed E-state index contributed by atoms with van der Waals surface area (Å²) in [6.45, 7) is 3.20. The maximum atomic E-state index is 5.72. The monoisotopic (exact) mass is 268 g/mol. The number of nitrogens with two attached hydrogens (primary N) is 1. The molecule has 1 aromatic carbocycles. The molecule has 0 bridgehead atoms. The summed E-state index contributed by atoms with van der Waals surface area (Å²) in [6.07, 6.45) is -0.00574. The second-order valence-electron chi connectivity index (χ2n) is 4.06. The summed E-state index contributed by atoms with van der Waals surface area (Å²) in [7, 11) is 3.32. The topological polar surface area (TPSA) is 56.5 Å². The zero-order valence-electron chi connectivity index (χ0n) is 11.0. The van der Waals surface area contributed by atoms with E-state index in [1.807, 2.05) is 25.1 Å². The zero-order chi connectivity index (χ0) is 13.5. The molecule has 0 saturated carbocycles. The SMILES string of the molecule is COCC(CNc1c(C)cccc1C(N)=S)OC. The number of methoxy groups -OCH3 is 2. The lowest BCUT2D eigenvalue weighted by molar-refractivity contribution is 0.0365. The molecule has 100 valence electrons. The Hall–Kier alpha value is -1.17. The highest BCUT2D eigenvalue weighted by atomic mass is 32.1. The highest BCUT2D eigenvalue weighted by molar-refractivity contribution is 7.80. The van der Waals surface area contributed by atoms with Crippen LogP contribution in [-0.4, -0.2) is 38.5 Å². The molecule has 0 aliphatic carbocycles. The Balaban J connectivity index is 2.80. The number of hydrogen-bond acceptors (Lipinski definition) is 4. The fourth-order valence-electron chi connectivity index (χ4n) is 1.72. The van der Waals surface area contributed by atoms with Crippen molar-refractivity contribution < 1.29 is 9.47 Å². The number of hydrogen-bond donors (Lipinski definition) is 2. The first-order valence-corrected chi connectivity index (χ1v) is 6.16. The second kappa shape index (κ2) is 7.31. The third-order valence-corrected chi connectivity index (χ3v) is 2.95. The van der Waals surface area contributed by atoms with Gasteiger partial charge in [0.05, 0.1) is 12.7 Å². The van der Waals surface area contributed by atoms with Crippen molar-refractivity contribution in [3.8, 4) is 0 Å². The van der Waals surface area contributed by atoms with Gasteiger partial charge in [0.2, 0.25) is 0 Å². The Labute approximate surface area is 113 Å². The van der Waals surface area contributed by atoms with E-state index < -0.39 is 0 Å². The van der Waals surface area contributed by atoms with Gasteiger partial charge in [0.25, 0.3) is 0 Å². The number of para-hydroxylation sites is 1. The number of benzene rings is 1. The molecule has 0 fully saturated rings. The molecule has 1 unspecified atom stereocenters. The molecule has 1 aromatic rings. The minimum atomic E-state index is -0.00574. The van der Waals surface area contributed by atoms with Crippen LogP contribution in [0.4, 0.5) is 5.69 Å². The summed E-state index contributed by atoms with van der Waals surface area (Å²) in [6, 6.07) is 5.87. The van der Waals surface area contributed by atoms with Crippen molar-refractivity contribution in [2.75, 3.05) is 32.7 Å². The lowest BCUT2D eigenvalue weighted by atomic mass is 10.1. The van der Waals surface area contributed by atoms with Crippen molar-refractivity contribution in [2.24, 2.45) is 5.73 Å². The highest BCUT2D eigenvalue weighted by Gasteiger charge is 2.11. The molecule has 1 rings (SSSR count). The van der Waals surface area contributed by atoms with Gasteiger partial charge in [0.1, 0.15) is 4.99 Å². The average Bonchev–Trinajstić information content (AvgIpc) is 2.35. The maximum absolute atomic E-state index is 5.72. The molecular weight excluding hydrogens is 248 g/mol. The van der Waals surface area contributed by atoms with Crippen LogP contribution < -0.4 is 11.1 Å². The third kappa shape index (κ3) is 3.94. The van der Waals surface area contributed by atoms with E-state index in [0.29, 0.717) is 18.1 Å². The van der Waals surface area contributed by atoms with Gasteiger partial charge < -0.3 is 20.5 Å². The summed E-state index contributed by atoms with van der Waals surface area (Å²) < 4.78 is 10.4. The van der Waals surface area contributed by atoms with Crippen LogP contribution in [0, 0.1) is 6.92 Å². The molecule has 1 atom stereocenters. The van der Waals surface area contributed by atoms with E-state index >= 15 is 0 Å². The number of rotatable bonds is 7. The minimum Gasteiger partial charge on any atom is -0.389 e. The standard InChI is InChI=1S/C13H20N2O2S/c1-9-5-4-6-11(13(14)18)12(9)15-7-10(17-3)8-16-2/h4-6,10,15H,7-8H2,1-3H3,(H2,14,18). The molecule has 3 N–H and O–H groups in total. The van der Waals surface area contributed by atoms with Crippen molar-refractivity contribution in [1.82, 2.24) is 0 Å². The van der Waals surface area contributed by atoms with Gasteiger partial charge in [0.15, 0.2) is 0 Å². The van der Waals surface area contributed by atoms with Gasteiger partial charge in [-0.3, -0.25) is 0 Å². The molecule has 0 aromatic heterocycles. The van der Waals surface area contributed by atoms with Gasteiger partial charge in [-0.1, -0.05) is 24.4 Å². The largest absolute Gasteiger partial charge is 0.389 e.